The Bertz CT molecular complexity index is 971. The molecule has 0 radical (unpaired) electrons. The molecule has 0 aromatic heterocycles. The van der Waals surface area contributed by atoms with Crippen LogP contribution in [0, 0.1) is 5.92 Å². The summed E-state index contributed by atoms with van der Waals surface area (Å²) in [5, 5.41) is 3.24. The maximum absolute atomic E-state index is 4.91. The van der Waals surface area contributed by atoms with Gasteiger partial charge in [0, 0.05) is 18.5 Å². The SMILES string of the molecule is C=C(C)/C(C)=C(/C)CC.C=CNCCC(CCCC)/C(C)=C/N=C(C)c1cc(C(C)(C)C)cc(C(C)(C)C)c1. The predicted octanol–water partition coefficient (Wildman–Crippen LogP) is 11.2. The quantitative estimate of drug-likeness (QED) is 0.161. The molecule has 0 amide bonds. The van der Waals surface area contributed by atoms with Crippen LogP contribution in [0.5, 0.6) is 0 Å². The summed E-state index contributed by atoms with van der Waals surface area (Å²) in [7, 11) is 0. The van der Waals surface area contributed by atoms with Gasteiger partial charge in [-0.15, -0.1) is 0 Å². The van der Waals surface area contributed by atoms with Crippen LogP contribution in [-0.2, 0) is 10.8 Å². The molecule has 1 rings (SSSR count). The number of benzene rings is 1. The minimum absolute atomic E-state index is 0.117. The van der Waals surface area contributed by atoms with Crippen LogP contribution in [0.4, 0.5) is 0 Å². The van der Waals surface area contributed by atoms with Crippen molar-refractivity contribution in [2.75, 3.05) is 6.54 Å². The average molecular weight is 535 g/mol. The van der Waals surface area contributed by atoms with Gasteiger partial charge in [-0.25, -0.2) is 0 Å². The molecule has 0 aliphatic heterocycles. The molecule has 0 spiro atoms. The first-order valence-corrected chi connectivity index (χ1v) is 15.0. The highest BCUT2D eigenvalue weighted by Gasteiger charge is 2.21. The number of nitrogens with zero attached hydrogens (tertiary/aromatic N) is 1. The third-order valence-electron chi connectivity index (χ3n) is 7.69. The van der Waals surface area contributed by atoms with Crippen LogP contribution >= 0.6 is 0 Å². The maximum Gasteiger partial charge on any atom is 0.0445 e. The van der Waals surface area contributed by atoms with E-state index in [1.54, 1.807) is 6.20 Å². The number of aliphatic imine (C=N–C) groups is 1. The standard InChI is InChI=1S/C28H46N2.C9H16/c1-11-13-14-23(15-16-29-12-2)21(3)20-30-22(4)24-17-25(27(5,6)7)19-26(18-24)28(8,9)10;1-6-8(4)9(5)7(2)3/h12,17-20,23,29H,2,11,13-16H2,1,3-10H3;2,6H2,1,3-5H3/b21-20+,30-22?;9-8-. The minimum Gasteiger partial charge on any atom is -0.391 e. The van der Waals surface area contributed by atoms with Gasteiger partial charge in [0.25, 0.3) is 0 Å². The number of hydrogen-bond donors (Lipinski definition) is 1. The summed E-state index contributed by atoms with van der Waals surface area (Å²) in [6.07, 6.45) is 9.86. The molecular formula is C37H62N2. The Kier molecular flexibility index (Phi) is 16.3. The molecule has 0 saturated heterocycles. The smallest absolute Gasteiger partial charge is 0.0445 e. The normalized spacial score (nSPS) is 14.2. The van der Waals surface area contributed by atoms with E-state index >= 15 is 0 Å². The lowest BCUT2D eigenvalue weighted by atomic mass is 9.79. The van der Waals surface area contributed by atoms with E-state index < -0.39 is 0 Å². The summed E-state index contributed by atoms with van der Waals surface area (Å²) in [6.45, 7) is 37.4. The van der Waals surface area contributed by atoms with Crippen molar-refractivity contribution in [3.05, 3.63) is 82.7 Å². The van der Waals surface area contributed by atoms with E-state index in [2.05, 4.69) is 133 Å². The molecule has 0 saturated carbocycles. The molecular weight excluding hydrogens is 472 g/mol. The second kappa shape index (κ2) is 17.4. The summed E-state index contributed by atoms with van der Waals surface area (Å²) in [4.78, 5) is 4.91. The first-order valence-electron chi connectivity index (χ1n) is 15.0. The van der Waals surface area contributed by atoms with Crippen LogP contribution in [0.15, 0.2) is 71.0 Å². The van der Waals surface area contributed by atoms with Gasteiger partial charge >= 0.3 is 0 Å². The van der Waals surface area contributed by atoms with E-state index in [1.165, 1.54) is 58.2 Å². The molecule has 1 unspecified atom stereocenters. The van der Waals surface area contributed by atoms with Gasteiger partial charge in [-0.1, -0.05) is 104 Å². The zero-order valence-electron chi connectivity index (χ0n) is 28.1. The van der Waals surface area contributed by atoms with Gasteiger partial charge in [0.15, 0.2) is 0 Å². The molecule has 0 bridgehead atoms. The van der Waals surface area contributed by atoms with Gasteiger partial charge in [0.1, 0.15) is 0 Å². The monoisotopic (exact) mass is 534 g/mol. The van der Waals surface area contributed by atoms with E-state index in [4.69, 9.17) is 4.99 Å². The highest BCUT2D eigenvalue weighted by molar-refractivity contribution is 5.99. The first-order chi connectivity index (χ1) is 18.0. The lowest BCUT2D eigenvalue weighted by Crippen LogP contribution is -2.17. The molecule has 1 N–H and O–H groups in total. The van der Waals surface area contributed by atoms with Crippen molar-refractivity contribution >= 4 is 5.71 Å². The van der Waals surface area contributed by atoms with Crippen LogP contribution in [-0.4, -0.2) is 12.3 Å². The Morgan fingerprint density at radius 3 is 1.82 bits per heavy atom. The summed E-state index contributed by atoms with van der Waals surface area (Å²) >= 11 is 0. The third-order valence-corrected chi connectivity index (χ3v) is 7.69. The van der Waals surface area contributed by atoms with Crippen molar-refractivity contribution in [2.45, 2.75) is 133 Å². The molecule has 220 valence electrons. The minimum atomic E-state index is 0.117. The van der Waals surface area contributed by atoms with Crippen molar-refractivity contribution < 1.29 is 0 Å². The molecule has 0 heterocycles. The summed E-state index contributed by atoms with van der Waals surface area (Å²) in [6, 6.07) is 7.00. The number of allylic oxidation sites excluding steroid dienone is 4. The molecule has 1 aromatic carbocycles. The fourth-order valence-corrected chi connectivity index (χ4v) is 4.12. The molecule has 39 heavy (non-hydrogen) atoms. The van der Waals surface area contributed by atoms with Crippen molar-refractivity contribution in [3.8, 4) is 0 Å². The fourth-order valence-electron chi connectivity index (χ4n) is 4.12. The van der Waals surface area contributed by atoms with Crippen molar-refractivity contribution in [2.24, 2.45) is 10.9 Å². The van der Waals surface area contributed by atoms with Crippen molar-refractivity contribution in [1.82, 2.24) is 5.32 Å². The second-order valence-electron chi connectivity index (χ2n) is 13.2. The Hall–Kier alpha value is -2.35. The molecule has 1 aromatic rings. The Balaban J connectivity index is 0.00000137. The highest BCUT2D eigenvalue weighted by atomic mass is 14.8. The lowest BCUT2D eigenvalue weighted by molar-refractivity contribution is 0.487. The van der Waals surface area contributed by atoms with Crippen LogP contribution in [0.25, 0.3) is 0 Å². The Labute approximate surface area is 243 Å². The average Bonchev–Trinajstić information content (AvgIpc) is 2.87. The van der Waals surface area contributed by atoms with E-state index in [9.17, 15) is 0 Å². The van der Waals surface area contributed by atoms with Gasteiger partial charge < -0.3 is 5.32 Å². The summed E-state index contributed by atoms with van der Waals surface area (Å²) in [5.74, 6) is 0.569. The zero-order valence-corrected chi connectivity index (χ0v) is 28.1. The molecule has 0 fully saturated rings. The predicted molar refractivity (Wildman–Crippen MR) is 179 cm³/mol. The van der Waals surface area contributed by atoms with Crippen LogP contribution < -0.4 is 5.32 Å². The fraction of sp³-hybridized carbons (Fsp3) is 0.595. The molecule has 0 aliphatic carbocycles. The van der Waals surface area contributed by atoms with Crippen LogP contribution in [0.2, 0.25) is 0 Å². The van der Waals surface area contributed by atoms with Crippen molar-refractivity contribution in [1.29, 1.82) is 0 Å². The lowest BCUT2D eigenvalue weighted by Gasteiger charge is -2.26. The highest BCUT2D eigenvalue weighted by Crippen LogP contribution is 2.31. The van der Waals surface area contributed by atoms with Gasteiger partial charge in [0.05, 0.1) is 0 Å². The number of hydrogen-bond acceptors (Lipinski definition) is 2. The topological polar surface area (TPSA) is 24.4 Å². The zero-order chi connectivity index (χ0) is 30.4. The molecule has 1 atom stereocenters. The van der Waals surface area contributed by atoms with Gasteiger partial charge in [0.2, 0.25) is 0 Å². The molecule has 0 aliphatic rings. The molecule has 2 nitrogen and oxygen atoms in total. The van der Waals surface area contributed by atoms with E-state index in [1.807, 2.05) is 0 Å². The number of nitrogens with one attached hydrogen (secondary N) is 1. The van der Waals surface area contributed by atoms with E-state index in [0.29, 0.717) is 5.92 Å². The third kappa shape index (κ3) is 14.0. The largest absolute Gasteiger partial charge is 0.391 e. The first kappa shape index (κ1) is 36.6. The number of unbranched alkanes of at least 4 members (excludes halogenated alkanes) is 1. The van der Waals surface area contributed by atoms with Crippen LogP contribution in [0.1, 0.15) is 139 Å². The van der Waals surface area contributed by atoms with Gasteiger partial charge in [-0.3, -0.25) is 4.99 Å². The Morgan fingerprint density at radius 2 is 1.44 bits per heavy atom. The van der Waals surface area contributed by atoms with E-state index in [-0.39, 0.29) is 10.8 Å². The van der Waals surface area contributed by atoms with Crippen molar-refractivity contribution in [3.63, 3.8) is 0 Å². The molecule has 2 heteroatoms. The summed E-state index contributed by atoms with van der Waals surface area (Å²) < 4.78 is 0. The van der Waals surface area contributed by atoms with E-state index in [0.717, 1.165) is 25.1 Å². The van der Waals surface area contributed by atoms with Gasteiger partial charge in [-0.2, -0.15) is 0 Å². The van der Waals surface area contributed by atoms with Crippen LogP contribution in [0.3, 0.4) is 0 Å². The summed E-state index contributed by atoms with van der Waals surface area (Å²) in [5.41, 5.74) is 10.7. The number of rotatable bonds is 12. The maximum atomic E-state index is 4.91. The van der Waals surface area contributed by atoms with Gasteiger partial charge in [-0.05, 0) is 111 Å². The Morgan fingerprint density at radius 1 is 0.897 bits per heavy atom. The second-order valence-corrected chi connectivity index (χ2v) is 13.2.